The molecule has 1 heterocycles. The lowest BCUT2D eigenvalue weighted by Crippen LogP contribution is -2.45. The number of nitrogens with one attached hydrogen (secondary N) is 1. The number of rotatable bonds is 6. The van der Waals surface area contributed by atoms with Gasteiger partial charge in [0.2, 0.25) is 5.91 Å². The Kier molecular flexibility index (Phi) is 11.3. The van der Waals surface area contributed by atoms with Crippen LogP contribution < -0.4 is 11.1 Å². The van der Waals surface area contributed by atoms with Gasteiger partial charge in [-0.05, 0) is 44.3 Å². The maximum Gasteiger partial charge on any atom is 0.221 e. The van der Waals surface area contributed by atoms with Crippen molar-refractivity contribution in [3.63, 3.8) is 0 Å². The summed E-state index contributed by atoms with van der Waals surface area (Å²) in [5.41, 5.74) is 7.10. The first-order chi connectivity index (χ1) is 10.6. The van der Waals surface area contributed by atoms with Gasteiger partial charge in [-0.1, -0.05) is 37.3 Å². The van der Waals surface area contributed by atoms with Gasteiger partial charge in [0.15, 0.2) is 0 Å². The Hall–Kier alpha value is -0.810. The van der Waals surface area contributed by atoms with Gasteiger partial charge in [0.25, 0.3) is 0 Å². The molecule has 1 aromatic rings. The van der Waals surface area contributed by atoms with Crippen molar-refractivity contribution < 1.29 is 4.79 Å². The number of nitrogens with zero attached hydrogens (tertiary/aromatic N) is 1. The van der Waals surface area contributed by atoms with Crippen molar-refractivity contribution in [3.05, 3.63) is 35.9 Å². The van der Waals surface area contributed by atoms with Gasteiger partial charge >= 0.3 is 0 Å². The highest BCUT2D eigenvalue weighted by Crippen LogP contribution is 2.18. The normalized spacial score (nSPS) is 18.0. The summed E-state index contributed by atoms with van der Waals surface area (Å²) in [5.74, 6) is 0.871. The summed E-state index contributed by atoms with van der Waals surface area (Å²) in [7, 11) is 0. The topological polar surface area (TPSA) is 58.4 Å². The minimum atomic E-state index is -0.229. The molecule has 0 spiro atoms. The summed E-state index contributed by atoms with van der Waals surface area (Å²) in [4.78, 5) is 14.5. The molecule has 1 fully saturated rings. The van der Waals surface area contributed by atoms with Gasteiger partial charge < -0.3 is 11.1 Å². The third-order valence-electron chi connectivity index (χ3n) is 4.67. The zero-order chi connectivity index (χ0) is 15.9. The highest BCUT2D eigenvalue weighted by atomic mass is 35.5. The average Bonchev–Trinajstić information content (AvgIpc) is 2.54. The fraction of sp³-hybridized carbons (Fsp3) is 0.611. The molecule has 1 aliphatic heterocycles. The van der Waals surface area contributed by atoms with Crippen LogP contribution in [0, 0.1) is 5.92 Å². The number of benzene rings is 1. The molecule has 4 nitrogen and oxygen atoms in total. The molecule has 2 rings (SSSR count). The van der Waals surface area contributed by atoms with E-state index < -0.39 is 0 Å². The van der Waals surface area contributed by atoms with E-state index in [1.54, 1.807) is 0 Å². The van der Waals surface area contributed by atoms with Crippen molar-refractivity contribution in [2.24, 2.45) is 11.7 Å². The summed E-state index contributed by atoms with van der Waals surface area (Å²) in [5, 5.41) is 3.03. The van der Waals surface area contributed by atoms with Gasteiger partial charge in [-0.3, -0.25) is 9.69 Å². The maximum absolute atomic E-state index is 12.1. The van der Waals surface area contributed by atoms with Gasteiger partial charge in [-0.2, -0.15) is 0 Å². The predicted octanol–water partition coefficient (Wildman–Crippen LogP) is 3.16. The highest BCUT2D eigenvalue weighted by Gasteiger charge is 2.20. The molecule has 0 aromatic heterocycles. The molecule has 1 amide bonds. The van der Waals surface area contributed by atoms with Crippen LogP contribution in [-0.4, -0.2) is 36.5 Å². The predicted molar refractivity (Wildman–Crippen MR) is 105 cm³/mol. The van der Waals surface area contributed by atoms with E-state index >= 15 is 0 Å². The van der Waals surface area contributed by atoms with Crippen LogP contribution in [0.4, 0.5) is 0 Å². The van der Waals surface area contributed by atoms with Crippen molar-refractivity contribution in [2.45, 2.75) is 45.2 Å². The second kappa shape index (κ2) is 11.7. The van der Waals surface area contributed by atoms with E-state index in [0.29, 0.717) is 19.0 Å². The van der Waals surface area contributed by atoms with Crippen LogP contribution in [0.2, 0.25) is 0 Å². The largest absolute Gasteiger partial charge is 0.354 e. The lowest BCUT2D eigenvalue weighted by Gasteiger charge is -2.35. The molecule has 0 aliphatic carbocycles. The Morgan fingerprint density at radius 1 is 1.25 bits per heavy atom. The molecule has 1 saturated heterocycles. The Bertz CT molecular complexity index is 465. The lowest BCUT2D eigenvalue weighted by atomic mass is 9.98. The number of carbonyl (C=O) groups excluding carboxylic acids is 1. The van der Waals surface area contributed by atoms with Crippen LogP contribution >= 0.6 is 24.8 Å². The monoisotopic (exact) mass is 375 g/mol. The van der Waals surface area contributed by atoms with Crippen LogP contribution in [0.15, 0.2) is 30.3 Å². The van der Waals surface area contributed by atoms with Crippen molar-refractivity contribution in [3.8, 4) is 0 Å². The van der Waals surface area contributed by atoms with Gasteiger partial charge in [-0.25, -0.2) is 0 Å². The SMILES string of the molecule is CC1CCN(C(C)CNC(=O)CC(N)c2ccccc2)CC1.Cl.Cl. The summed E-state index contributed by atoms with van der Waals surface area (Å²) in [6.45, 7) is 7.49. The van der Waals surface area contributed by atoms with E-state index in [1.165, 1.54) is 12.8 Å². The number of likely N-dealkylation sites (tertiary alicyclic amines) is 1. The van der Waals surface area contributed by atoms with Gasteiger partial charge in [0.05, 0.1) is 0 Å². The highest BCUT2D eigenvalue weighted by molar-refractivity contribution is 5.85. The first-order valence-electron chi connectivity index (χ1n) is 8.37. The van der Waals surface area contributed by atoms with Crippen LogP contribution in [0.5, 0.6) is 0 Å². The third-order valence-corrected chi connectivity index (χ3v) is 4.67. The Morgan fingerprint density at radius 3 is 2.42 bits per heavy atom. The fourth-order valence-corrected chi connectivity index (χ4v) is 2.95. The van der Waals surface area contributed by atoms with E-state index in [4.69, 9.17) is 5.73 Å². The lowest BCUT2D eigenvalue weighted by molar-refractivity contribution is -0.121. The van der Waals surface area contributed by atoms with Gasteiger partial charge in [0.1, 0.15) is 0 Å². The molecule has 3 N–H and O–H groups in total. The molecule has 0 radical (unpaired) electrons. The van der Waals surface area contributed by atoms with E-state index in [-0.39, 0.29) is 36.8 Å². The van der Waals surface area contributed by atoms with Crippen LogP contribution in [-0.2, 0) is 4.79 Å². The van der Waals surface area contributed by atoms with E-state index in [9.17, 15) is 4.79 Å². The summed E-state index contributed by atoms with van der Waals surface area (Å²) < 4.78 is 0. The number of amides is 1. The molecule has 0 bridgehead atoms. The minimum absolute atomic E-state index is 0. The van der Waals surface area contributed by atoms with Crippen molar-refractivity contribution in [2.75, 3.05) is 19.6 Å². The summed E-state index contributed by atoms with van der Waals surface area (Å²) in [6, 6.07) is 9.96. The molecule has 2 unspecified atom stereocenters. The Labute approximate surface area is 158 Å². The quantitative estimate of drug-likeness (QED) is 0.802. The Morgan fingerprint density at radius 2 is 1.83 bits per heavy atom. The van der Waals surface area contributed by atoms with Crippen LogP contribution in [0.1, 0.15) is 44.7 Å². The van der Waals surface area contributed by atoms with E-state index in [0.717, 1.165) is 24.6 Å². The van der Waals surface area contributed by atoms with Crippen molar-refractivity contribution in [1.82, 2.24) is 10.2 Å². The van der Waals surface area contributed by atoms with Crippen molar-refractivity contribution >= 4 is 30.7 Å². The molecule has 24 heavy (non-hydrogen) atoms. The molecule has 6 heteroatoms. The number of halogens is 2. The summed E-state index contributed by atoms with van der Waals surface area (Å²) >= 11 is 0. The smallest absolute Gasteiger partial charge is 0.221 e. The maximum atomic E-state index is 12.1. The van der Waals surface area contributed by atoms with E-state index in [1.807, 2.05) is 30.3 Å². The molecule has 138 valence electrons. The third kappa shape index (κ3) is 7.39. The molecule has 2 atom stereocenters. The first kappa shape index (κ1) is 23.2. The first-order valence-corrected chi connectivity index (χ1v) is 8.37. The average molecular weight is 376 g/mol. The molecular weight excluding hydrogens is 345 g/mol. The number of hydrogen-bond acceptors (Lipinski definition) is 3. The number of nitrogens with two attached hydrogens (primary N) is 1. The second-order valence-electron chi connectivity index (χ2n) is 6.59. The number of hydrogen-bond donors (Lipinski definition) is 2. The zero-order valence-corrected chi connectivity index (χ0v) is 16.2. The molecule has 1 aromatic carbocycles. The van der Waals surface area contributed by atoms with E-state index in [2.05, 4.69) is 24.1 Å². The van der Waals surface area contributed by atoms with Gasteiger partial charge in [0, 0.05) is 25.0 Å². The van der Waals surface area contributed by atoms with Gasteiger partial charge in [-0.15, -0.1) is 24.8 Å². The molecule has 1 aliphatic rings. The fourth-order valence-electron chi connectivity index (χ4n) is 2.95. The minimum Gasteiger partial charge on any atom is -0.354 e. The summed E-state index contributed by atoms with van der Waals surface area (Å²) in [6.07, 6.45) is 2.86. The Balaban J connectivity index is 0.00000264. The number of piperidine rings is 1. The second-order valence-corrected chi connectivity index (χ2v) is 6.59. The molecule has 0 saturated carbocycles. The van der Waals surface area contributed by atoms with Crippen molar-refractivity contribution in [1.29, 1.82) is 0 Å². The standard InChI is InChI=1S/C18H29N3O.2ClH/c1-14-8-10-21(11-9-14)15(2)13-20-18(22)12-17(19)16-6-4-3-5-7-16;;/h3-7,14-15,17H,8-13,19H2,1-2H3,(H,20,22);2*1H. The van der Waals surface area contributed by atoms with Crippen LogP contribution in [0.25, 0.3) is 0 Å². The molecular formula is C18H31Cl2N3O. The van der Waals surface area contributed by atoms with Crippen LogP contribution in [0.3, 0.4) is 0 Å². The zero-order valence-electron chi connectivity index (χ0n) is 14.6. The number of carbonyl (C=O) groups is 1.